The molecule has 0 spiro atoms. The van der Waals surface area contributed by atoms with E-state index < -0.39 is 0 Å². The number of hydrogen-bond acceptors (Lipinski definition) is 5. The third-order valence-corrected chi connectivity index (χ3v) is 5.28. The Labute approximate surface area is 188 Å². The molecule has 4 rings (SSSR count). The minimum Gasteiger partial charge on any atom is -0.468 e. The molecule has 158 valence electrons. The number of nitrogens with one attached hydrogen (secondary N) is 2. The highest BCUT2D eigenvalue weighted by Crippen LogP contribution is 2.32. The first kappa shape index (κ1) is 21.8. The van der Waals surface area contributed by atoms with Crippen molar-refractivity contribution >= 4 is 29.9 Å². The summed E-state index contributed by atoms with van der Waals surface area (Å²) in [5.74, 6) is 3.45. The van der Waals surface area contributed by atoms with Gasteiger partial charge in [0.25, 0.3) is 0 Å². The third kappa shape index (κ3) is 5.57. The lowest BCUT2D eigenvalue weighted by Gasteiger charge is -2.26. The Kier molecular flexibility index (Phi) is 8.05. The zero-order chi connectivity index (χ0) is 19.2. The highest BCUT2D eigenvalue weighted by atomic mass is 127. The van der Waals surface area contributed by atoms with Gasteiger partial charge in [0.1, 0.15) is 5.76 Å². The molecule has 8 heteroatoms. The number of hydrogen-bond donors (Lipinski definition) is 2. The van der Waals surface area contributed by atoms with Crippen molar-refractivity contribution in [3.05, 3.63) is 47.9 Å². The average Bonchev–Trinajstić information content (AvgIpc) is 3.49. The molecule has 0 bridgehead atoms. The SMILES string of the molecule is CN=C(NCCc1ccc2c(c1)OCO2)NCC(c1ccco1)N1CCCC1.I. The lowest BCUT2D eigenvalue weighted by Crippen LogP contribution is -2.43. The Morgan fingerprint density at radius 1 is 1.14 bits per heavy atom. The van der Waals surface area contributed by atoms with E-state index in [4.69, 9.17) is 13.9 Å². The van der Waals surface area contributed by atoms with Gasteiger partial charge in [0, 0.05) is 20.1 Å². The molecule has 1 aromatic carbocycles. The van der Waals surface area contributed by atoms with Gasteiger partial charge in [-0.05, 0) is 62.2 Å². The van der Waals surface area contributed by atoms with Gasteiger partial charge in [0.15, 0.2) is 17.5 Å². The van der Waals surface area contributed by atoms with Crippen LogP contribution in [0.15, 0.2) is 46.0 Å². The van der Waals surface area contributed by atoms with Crippen molar-refractivity contribution in [1.29, 1.82) is 0 Å². The van der Waals surface area contributed by atoms with E-state index in [1.165, 1.54) is 18.4 Å². The molecule has 1 unspecified atom stereocenters. The van der Waals surface area contributed by atoms with E-state index >= 15 is 0 Å². The van der Waals surface area contributed by atoms with Gasteiger partial charge in [0.05, 0.1) is 12.3 Å². The van der Waals surface area contributed by atoms with Crippen LogP contribution in [0.5, 0.6) is 11.5 Å². The van der Waals surface area contributed by atoms with Crippen LogP contribution in [0.1, 0.15) is 30.2 Å². The number of benzene rings is 1. The largest absolute Gasteiger partial charge is 0.468 e. The van der Waals surface area contributed by atoms with Crippen LogP contribution in [0, 0.1) is 0 Å². The Bertz CT molecular complexity index is 791. The van der Waals surface area contributed by atoms with Crippen molar-refractivity contribution in [3.63, 3.8) is 0 Å². The van der Waals surface area contributed by atoms with Crippen molar-refractivity contribution in [3.8, 4) is 11.5 Å². The van der Waals surface area contributed by atoms with Gasteiger partial charge in [-0.15, -0.1) is 24.0 Å². The fourth-order valence-corrected chi connectivity index (χ4v) is 3.78. The lowest BCUT2D eigenvalue weighted by atomic mass is 10.1. The molecule has 0 saturated carbocycles. The molecule has 1 fully saturated rings. The number of ether oxygens (including phenoxy) is 2. The summed E-state index contributed by atoms with van der Waals surface area (Å²) in [6, 6.07) is 10.3. The molecule has 2 aromatic rings. The summed E-state index contributed by atoms with van der Waals surface area (Å²) in [6.07, 6.45) is 5.13. The molecule has 0 radical (unpaired) electrons. The molecule has 1 saturated heterocycles. The molecule has 1 aromatic heterocycles. The number of halogens is 1. The zero-order valence-electron chi connectivity index (χ0n) is 16.7. The van der Waals surface area contributed by atoms with E-state index in [-0.39, 0.29) is 30.0 Å². The fourth-order valence-electron chi connectivity index (χ4n) is 3.78. The number of fused-ring (bicyclic) bond motifs is 1. The number of rotatable bonds is 7. The maximum atomic E-state index is 5.69. The number of guanidine groups is 1. The Hall–Kier alpha value is -1.94. The number of furan rings is 1. The van der Waals surface area contributed by atoms with E-state index in [1.54, 1.807) is 13.3 Å². The second-order valence-electron chi connectivity index (χ2n) is 7.09. The first-order chi connectivity index (χ1) is 13.8. The molecule has 2 aliphatic rings. The van der Waals surface area contributed by atoms with E-state index in [9.17, 15) is 0 Å². The van der Waals surface area contributed by atoms with Crippen molar-refractivity contribution in [2.75, 3.05) is 40.0 Å². The maximum Gasteiger partial charge on any atom is 0.231 e. The molecule has 29 heavy (non-hydrogen) atoms. The molecular formula is C21H29IN4O3. The van der Waals surface area contributed by atoms with E-state index in [1.807, 2.05) is 18.2 Å². The van der Waals surface area contributed by atoms with E-state index in [2.05, 4.69) is 32.7 Å². The first-order valence-electron chi connectivity index (χ1n) is 9.94. The van der Waals surface area contributed by atoms with Crippen LogP contribution in [-0.2, 0) is 6.42 Å². The monoisotopic (exact) mass is 512 g/mol. The summed E-state index contributed by atoms with van der Waals surface area (Å²) in [5, 5.41) is 6.85. The molecule has 7 nitrogen and oxygen atoms in total. The molecule has 3 heterocycles. The van der Waals surface area contributed by atoms with Crippen LogP contribution in [0.25, 0.3) is 0 Å². The maximum absolute atomic E-state index is 5.69. The van der Waals surface area contributed by atoms with Gasteiger partial charge < -0.3 is 24.5 Å². The summed E-state index contributed by atoms with van der Waals surface area (Å²) >= 11 is 0. The van der Waals surface area contributed by atoms with Crippen LogP contribution in [0.3, 0.4) is 0 Å². The van der Waals surface area contributed by atoms with Gasteiger partial charge in [0.2, 0.25) is 6.79 Å². The molecule has 0 amide bonds. The van der Waals surface area contributed by atoms with E-state index in [0.717, 1.165) is 55.8 Å². The third-order valence-electron chi connectivity index (χ3n) is 5.28. The minimum atomic E-state index is 0. The van der Waals surface area contributed by atoms with Gasteiger partial charge in [-0.1, -0.05) is 6.07 Å². The predicted octanol–water partition coefficient (Wildman–Crippen LogP) is 3.17. The topological polar surface area (TPSA) is 71.3 Å². The van der Waals surface area contributed by atoms with Gasteiger partial charge in [-0.25, -0.2) is 0 Å². The normalized spacial score (nSPS) is 17.1. The summed E-state index contributed by atoms with van der Waals surface area (Å²) in [7, 11) is 1.80. The van der Waals surface area contributed by atoms with Crippen LogP contribution in [-0.4, -0.2) is 50.9 Å². The van der Waals surface area contributed by atoms with Gasteiger partial charge in [-0.3, -0.25) is 9.89 Å². The lowest BCUT2D eigenvalue weighted by molar-refractivity contribution is 0.174. The van der Waals surface area contributed by atoms with Gasteiger partial charge in [-0.2, -0.15) is 0 Å². The highest BCUT2D eigenvalue weighted by Gasteiger charge is 2.25. The molecule has 2 N–H and O–H groups in total. The summed E-state index contributed by atoms with van der Waals surface area (Å²) < 4.78 is 16.5. The number of nitrogens with zero attached hydrogens (tertiary/aromatic N) is 2. The predicted molar refractivity (Wildman–Crippen MR) is 123 cm³/mol. The van der Waals surface area contributed by atoms with Crippen LogP contribution >= 0.6 is 24.0 Å². The summed E-state index contributed by atoms with van der Waals surface area (Å²) in [6.45, 7) is 4.08. The Morgan fingerprint density at radius 2 is 1.97 bits per heavy atom. The average molecular weight is 512 g/mol. The number of likely N-dealkylation sites (tertiary alicyclic amines) is 1. The van der Waals surface area contributed by atoms with E-state index in [0.29, 0.717) is 6.79 Å². The fraction of sp³-hybridized carbons (Fsp3) is 0.476. The first-order valence-corrected chi connectivity index (χ1v) is 9.94. The van der Waals surface area contributed by atoms with Gasteiger partial charge >= 0.3 is 0 Å². The van der Waals surface area contributed by atoms with Crippen LogP contribution < -0.4 is 20.1 Å². The standard InChI is InChI=1S/C21H28N4O3.HI/c1-22-21(23-9-8-16-6-7-19-20(13-16)28-15-27-19)24-14-17(18-5-4-12-26-18)25-10-2-3-11-25;/h4-7,12-13,17H,2-3,8-11,14-15H2,1H3,(H2,22,23,24);1H. The molecule has 2 aliphatic heterocycles. The van der Waals surface area contributed by atoms with Crippen LogP contribution in [0.2, 0.25) is 0 Å². The Morgan fingerprint density at radius 3 is 2.72 bits per heavy atom. The molecule has 1 atom stereocenters. The second kappa shape index (κ2) is 10.7. The number of aliphatic imine (C=N–C) groups is 1. The highest BCUT2D eigenvalue weighted by molar-refractivity contribution is 14.0. The summed E-state index contributed by atoms with van der Waals surface area (Å²) in [4.78, 5) is 6.84. The quantitative estimate of drug-likeness (QED) is 0.338. The van der Waals surface area contributed by atoms with Crippen LogP contribution in [0.4, 0.5) is 0 Å². The minimum absolute atomic E-state index is 0. The smallest absolute Gasteiger partial charge is 0.231 e. The van der Waals surface area contributed by atoms with Crippen molar-refractivity contribution in [2.24, 2.45) is 4.99 Å². The Balaban J connectivity index is 0.00000240. The van der Waals surface area contributed by atoms with Crippen molar-refractivity contribution in [2.45, 2.75) is 25.3 Å². The van der Waals surface area contributed by atoms with Crippen molar-refractivity contribution < 1.29 is 13.9 Å². The molecular weight excluding hydrogens is 483 g/mol. The second-order valence-corrected chi connectivity index (χ2v) is 7.09. The summed E-state index contributed by atoms with van der Waals surface area (Å²) in [5.41, 5.74) is 1.21. The molecule has 0 aliphatic carbocycles. The van der Waals surface area contributed by atoms with Crippen molar-refractivity contribution in [1.82, 2.24) is 15.5 Å². The zero-order valence-corrected chi connectivity index (χ0v) is 19.1.